The molecule has 0 saturated carbocycles. The summed E-state index contributed by atoms with van der Waals surface area (Å²) in [5, 5.41) is 0. The van der Waals surface area contributed by atoms with Crippen LogP contribution < -0.4 is 0 Å². The van der Waals surface area contributed by atoms with E-state index in [4.69, 9.17) is 14.2 Å². The molecule has 1 aromatic carbocycles. The van der Waals surface area contributed by atoms with Gasteiger partial charge >= 0.3 is 6.09 Å². The number of amides is 1. The Morgan fingerprint density at radius 2 is 1.69 bits per heavy atom. The average molecular weight is 404 g/mol. The van der Waals surface area contributed by atoms with Crippen molar-refractivity contribution in [1.82, 2.24) is 4.90 Å². The van der Waals surface area contributed by atoms with Crippen molar-refractivity contribution >= 4 is 11.9 Å². The smallest absolute Gasteiger partial charge is 0.410 e. The Morgan fingerprint density at radius 1 is 1.00 bits per heavy atom. The third-order valence-corrected chi connectivity index (χ3v) is 5.91. The Kier molecular flexibility index (Phi) is 8.50. The number of carbonyl (C=O) groups is 2. The lowest BCUT2D eigenvalue weighted by molar-refractivity contribution is -0.127. The number of nitrogens with zero attached hydrogens (tertiary/aromatic N) is 1. The van der Waals surface area contributed by atoms with Crippen LogP contribution in [-0.2, 0) is 25.6 Å². The van der Waals surface area contributed by atoms with Crippen molar-refractivity contribution in [3.05, 3.63) is 35.9 Å². The summed E-state index contributed by atoms with van der Waals surface area (Å²) < 4.78 is 16.3. The Hall–Kier alpha value is -1.92. The number of ether oxygens (including phenoxy) is 3. The van der Waals surface area contributed by atoms with Gasteiger partial charge in [0, 0.05) is 31.0 Å². The molecule has 3 rings (SSSR count). The zero-order valence-electron chi connectivity index (χ0n) is 17.4. The van der Waals surface area contributed by atoms with Crippen molar-refractivity contribution in [3.8, 4) is 0 Å². The van der Waals surface area contributed by atoms with Gasteiger partial charge in [-0.2, -0.15) is 0 Å². The number of fused-ring (bicyclic) bond motifs is 2. The molecule has 0 aliphatic carbocycles. The average Bonchev–Trinajstić information content (AvgIpc) is 2.74. The number of hydrogen-bond acceptors (Lipinski definition) is 5. The minimum absolute atomic E-state index is 0.0268. The van der Waals surface area contributed by atoms with Gasteiger partial charge < -0.3 is 19.1 Å². The predicted molar refractivity (Wildman–Crippen MR) is 110 cm³/mol. The summed E-state index contributed by atoms with van der Waals surface area (Å²) in [6.45, 7) is 4.45. The van der Waals surface area contributed by atoms with E-state index >= 15 is 0 Å². The van der Waals surface area contributed by atoms with Gasteiger partial charge in [0.2, 0.25) is 0 Å². The third-order valence-electron chi connectivity index (χ3n) is 5.91. The Morgan fingerprint density at radius 3 is 2.38 bits per heavy atom. The van der Waals surface area contributed by atoms with Crippen LogP contribution in [0.5, 0.6) is 0 Å². The van der Waals surface area contributed by atoms with Crippen molar-refractivity contribution in [2.24, 2.45) is 5.92 Å². The second kappa shape index (κ2) is 11.3. The Labute approximate surface area is 173 Å². The normalized spacial score (nSPS) is 23.6. The number of rotatable bonds is 10. The minimum atomic E-state index is -0.242. The number of hydrogen-bond donors (Lipinski definition) is 0. The summed E-state index contributed by atoms with van der Waals surface area (Å²) in [6, 6.07) is 9.95. The topological polar surface area (TPSA) is 65.1 Å². The molecule has 6 nitrogen and oxygen atoms in total. The van der Waals surface area contributed by atoms with E-state index in [9.17, 15) is 9.59 Å². The standard InChI is InChI=1S/C23H33NO5/c1-2-27-13-14-28-12-11-22(25)19-15-20-9-6-10-21(16-19)24(20)23(26)29-17-18-7-4-3-5-8-18/h3-5,7-8,19-21H,2,6,9-17H2,1H3. The van der Waals surface area contributed by atoms with Crippen LogP contribution in [0, 0.1) is 5.92 Å². The van der Waals surface area contributed by atoms with Gasteiger partial charge in [0.25, 0.3) is 0 Å². The van der Waals surface area contributed by atoms with Crippen molar-refractivity contribution in [2.45, 2.75) is 64.1 Å². The lowest BCUT2D eigenvalue weighted by atomic mass is 9.76. The molecule has 0 radical (unpaired) electrons. The molecule has 0 aromatic heterocycles. The second-order valence-electron chi connectivity index (χ2n) is 7.88. The molecule has 2 aliphatic rings. The first-order valence-corrected chi connectivity index (χ1v) is 10.9. The predicted octanol–water partition coefficient (Wildman–Crippen LogP) is 3.97. The highest BCUT2D eigenvalue weighted by atomic mass is 16.6. The molecule has 2 bridgehead atoms. The van der Waals surface area contributed by atoms with Crippen molar-refractivity contribution in [2.75, 3.05) is 26.4 Å². The van der Waals surface area contributed by atoms with Gasteiger partial charge in [0.1, 0.15) is 12.4 Å². The molecule has 2 unspecified atom stereocenters. The van der Waals surface area contributed by atoms with Gasteiger partial charge in [0.15, 0.2) is 0 Å². The number of benzene rings is 1. The summed E-state index contributed by atoms with van der Waals surface area (Å²) in [5.41, 5.74) is 0.986. The van der Waals surface area contributed by atoms with Crippen LogP contribution in [0.2, 0.25) is 0 Å². The highest BCUT2D eigenvalue weighted by Gasteiger charge is 2.43. The molecule has 1 amide bonds. The van der Waals surface area contributed by atoms with Crippen molar-refractivity contribution in [3.63, 3.8) is 0 Å². The molecule has 0 N–H and O–H groups in total. The lowest BCUT2D eigenvalue weighted by Crippen LogP contribution is -2.55. The van der Waals surface area contributed by atoms with Gasteiger partial charge in [-0.15, -0.1) is 0 Å². The summed E-state index contributed by atoms with van der Waals surface area (Å²) in [5.74, 6) is 0.287. The van der Waals surface area contributed by atoms with Crippen LogP contribution in [0.4, 0.5) is 4.79 Å². The first kappa shape index (κ1) is 21.8. The third kappa shape index (κ3) is 6.28. The van der Waals surface area contributed by atoms with Gasteiger partial charge in [-0.1, -0.05) is 30.3 Å². The summed E-state index contributed by atoms with van der Waals surface area (Å²) in [6.07, 6.45) is 4.70. The highest BCUT2D eigenvalue weighted by Crippen LogP contribution is 2.38. The number of piperidine rings is 2. The number of carbonyl (C=O) groups excluding carboxylic acids is 2. The Balaban J connectivity index is 1.46. The van der Waals surface area contributed by atoms with Crippen LogP contribution >= 0.6 is 0 Å². The maximum absolute atomic E-state index is 12.7. The maximum atomic E-state index is 12.7. The molecule has 0 spiro atoms. The molecule has 2 heterocycles. The first-order chi connectivity index (χ1) is 14.2. The SMILES string of the molecule is CCOCCOCCC(=O)C1CC2CCCC(C1)N2C(=O)OCc1ccccc1. The molecule has 29 heavy (non-hydrogen) atoms. The zero-order chi connectivity index (χ0) is 20.5. The van der Waals surface area contributed by atoms with Crippen molar-refractivity contribution in [1.29, 1.82) is 0 Å². The number of ketones is 1. The van der Waals surface area contributed by atoms with E-state index in [1.54, 1.807) is 0 Å². The monoisotopic (exact) mass is 403 g/mol. The molecule has 2 saturated heterocycles. The summed E-state index contributed by atoms with van der Waals surface area (Å²) in [7, 11) is 0. The first-order valence-electron chi connectivity index (χ1n) is 10.9. The molecular formula is C23H33NO5. The van der Waals surface area contributed by atoms with Crippen LogP contribution in [-0.4, -0.2) is 55.3 Å². The fourth-order valence-corrected chi connectivity index (χ4v) is 4.48. The summed E-state index contributed by atoms with van der Waals surface area (Å²) >= 11 is 0. The maximum Gasteiger partial charge on any atom is 0.410 e. The van der Waals surface area contributed by atoms with E-state index in [-0.39, 0.29) is 36.5 Å². The van der Waals surface area contributed by atoms with Crippen molar-refractivity contribution < 1.29 is 23.8 Å². The van der Waals surface area contributed by atoms with E-state index in [0.717, 1.165) is 37.7 Å². The molecule has 1 aromatic rings. The highest BCUT2D eigenvalue weighted by molar-refractivity contribution is 5.81. The van der Waals surface area contributed by atoms with E-state index in [1.807, 2.05) is 42.2 Å². The fraction of sp³-hybridized carbons (Fsp3) is 0.652. The zero-order valence-corrected chi connectivity index (χ0v) is 17.4. The van der Waals surface area contributed by atoms with Crippen LogP contribution in [0.1, 0.15) is 51.0 Å². The summed E-state index contributed by atoms with van der Waals surface area (Å²) in [4.78, 5) is 27.3. The fourth-order valence-electron chi connectivity index (χ4n) is 4.48. The molecule has 6 heteroatoms. The lowest BCUT2D eigenvalue weighted by Gasteiger charge is -2.47. The largest absolute Gasteiger partial charge is 0.445 e. The second-order valence-corrected chi connectivity index (χ2v) is 7.88. The van der Waals surface area contributed by atoms with E-state index in [1.165, 1.54) is 0 Å². The molecular weight excluding hydrogens is 370 g/mol. The quantitative estimate of drug-likeness (QED) is 0.553. The molecule has 160 valence electrons. The van der Waals surface area contributed by atoms with Gasteiger partial charge in [0.05, 0.1) is 19.8 Å². The van der Waals surface area contributed by atoms with E-state index < -0.39 is 0 Å². The van der Waals surface area contributed by atoms with Gasteiger partial charge in [-0.05, 0) is 44.6 Å². The molecule has 2 aliphatic heterocycles. The Bertz CT molecular complexity index is 636. The minimum Gasteiger partial charge on any atom is -0.445 e. The van der Waals surface area contributed by atoms with E-state index in [0.29, 0.717) is 32.8 Å². The van der Waals surface area contributed by atoms with Crippen LogP contribution in [0.25, 0.3) is 0 Å². The van der Waals surface area contributed by atoms with Crippen LogP contribution in [0.15, 0.2) is 30.3 Å². The van der Waals surface area contributed by atoms with Crippen LogP contribution in [0.3, 0.4) is 0 Å². The van der Waals surface area contributed by atoms with Gasteiger partial charge in [-0.25, -0.2) is 4.79 Å². The van der Waals surface area contributed by atoms with Gasteiger partial charge in [-0.3, -0.25) is 4.79 Å². The van der Waals surface area contributed by atoms with E-state index in [2.05, 4.69) is 0 Å². The molecule has 2 fully saturated rings. The molecule has 2 atom stereocenters. The number of Topliss-reactive ketones (excluding diaryl/α,β-unsaturated/α-hetero) is 1.